The van der Waals surface area contributed by atoms with Crippen molar-refractivity contribution in [1.82, 2.24) is 5.32 Å². The number of benzene rings is 1. The molecule has 4 nitrogen and oxygen atoms in total. The molecule has 0 saturated heterocycles. The van der Waals surface area contributed by atoms with Crippen molar-refractivity contribution in [2.45, 2.75) is 37.8 Å². The zero-order valence-corrected chi connectivity index (χ0v) is 13.6. The first-order chi connectivity index (χ1) is 9.54. The van der Waals surface area contributed by atoms with Crippen LogP contribution >= 0.6 is 15.9 Å². The van der Waals surface area contributed by atoms with E-state index in [1.165, 1.54) is 12.8 Å². The summed E-state index contributed by atoms with van der Waals surface area (Å²) >= 11 is 3.42. The number of halogens is 1. The van der Waals surface area contributed by atoms with Crippen LogP contribution < -0.4 is 16.0 Å². The van der Waals surface area contributed by atoms with Gasteiger partial charge in [0.25, 0.3) is 5.91 Å². The molecule has 1 fully saturated rings. The lowest BCUT2D eigenvalue weighted by Gasteiger charge is -2.36. The summed E-state index contributed by atoms with van der Waals surface area (Å²) < 4.78 is 0.762. The van der Waals surface area contributed by atoms with Crippen molar-refractivity contribution in [3.8, 4) is 0 Å². The van der Waals surface area contributed by atoms with Crippen LogP contribution in [0.1, 0.15) is 36.0 Å². The van der Waals surface area contributed by atoms with Gasteiger partial charge in [0.2, 0.25) is 0 Å². The van der Waals surface area contributed by atoms with Gasteiger partial charge in [-0.3, -0.25) is 4.79 Å². The van der Waals surface area contributed by atoms with Gasteiger partial charge in [0, 0.05) is 23.6 Å². The van der Waals surface area contributed by atoms with Crippen molar-refractivity contribution < 1.29 is 4.79 Å². The lowest BCUT2D eigenvalue weighted by molar-refractivity contribution is 0.1000. The van der Waals surface area contributed by atoms with Gasteiger partial charge in [0.05, 0.1) is 11.3 Å². The van der Waals surface area contributed by atoms with Crippen molar-refractivity contribution >= 4 is 27.5 Å². The molecule has 0 aliphatic heterocycles. The highest BCUT2D eigenvalue weighted by Crippen LogP contribution is 2.31. The third-order valence-corrected chi connectivity index (χ3v) is 4.93. The van der Waals surface area contributed by atoms with Gasteiger partial charge in [-0.25, -0.2) is 0 Å². The number of nitrogens with two attached hydrogens (primary N) is 1. The predicted octanol–water partition coefficient (Wildman–Crippen LogP) is 2.51. The smallest absolute Gasteiger partial charge is 0.251 e. The number of hydrogen-bond acceptors (Lipinski definition) is 3. The molecule has 0 spiro atoms. The molecule has 5 heteroatoms. The van der Waals surface area contributed by atoms with Crippen LogP contribution in [-0.4, -0.2) is 32.1 Å². The number of anilines is 1. The molecule has 1 amide bonds. The van der Waals surface area contributed by atoms with Crippen molar-refractivity contribution in [2.75, 3.05) is 19.0 Å². The molecule has 1 saturated carbocycles. The van der Waals surface area contributed by atoms with Crippen molar-refractivity contribution in [1.29, 1.82) is 0 Å². The van der Waals surface area contributed by atoms with E-state index in [0.717, 1.165) is 23.0 Å². The fourth-order valence-electron chi connectivity index (χ4n) is 3.00. The fraction of sp³-hybridized carbons (Fsp3) is 0.533. The Balaban J connectivity index is 2.20. The standard InChI is InChI=1S/C15H22BrN3O/c1-18-10-6-8-11(9-7-10)19(2)13-5-3-4-12(16)14(13)15(17)20/h3-5,10-11,18H,6-9H2,1-2H3,(H2,17,20). The van der Waals surface area contributed by atoms with Gasteiger partial charge in [0.15, 0.2) is 0 Å². The molecule has 1 aromatic rings. The minimum absolute atomic E-state index is 0.386. The zero-order chi connectivity index (χ0) is 14.7. The van der Waals surface area contributed by atoms with Gasteiger partial charge in [-0.15, -0.1) is 0 Å². The minimum atomic E-state index is -0.386. The number of primary amides is 1. The third-order valence-electron chi connectivity index (χ3n) is 4.27. The van der Waals surface area contributed by atoms with E-state index in [1.807, 2.05) is 25.2 Å². The van der Waals surface area contributed by atoms with Crippen LogP contribution in [0, 0.1) is 0 Å². The second-order valence-corrected chi connectivity index (χ2v) is 6.26. The molecule has 0 radical (unpaired) electrons. The SMILES string of the molecule is CNC1CCC(N(C)c2cccc(Br)c2C(N)=O)CC1. The van der Waals surface area contributed by atoms with E-state index in [0.29, 0.717) is 17.6 Å². The molecule has 0 unspecified atom stereocenters. The third kappa shape index (κ3) is 3.15. The molecule has 2 rings (SSSR count). The average molecular weight is 340 g/mol. The Morgan fingerprint density at radius 1 is 1.35 bits per heavy atom. The maximum Gasteiger partial charge on any atom is 0.251 e. The first kappa shape index (κ1) is 15.3. The molecule has 0 aromatic heterocycles. The monoisotopic (exact) mass is 339 g/mol. The number of carbonyl (C=O) groups excluding carboxylic acids is 1. The summed E-state index contributed by atoms with van der Waals surface area (Å²) in [4.78, 5) is 13.9. The van der Waals surface area contributed by atoms with Gasteiger partial charge in [0.1, 0.15) is 0 Å². The molecule has 1 aliphatic carbocycles. The van der Waals surface area contributed by atoms with Crippen molar-refractivity contribution in [3.05, 3.63) is 28.2 Å². The molecule has 1 aliphatic rings. The number of nitrogens with one attached hydrogen (secondary N) is 1. The summed E-state index contributed by atoms with van der Waals surface area (Å²) in [6, 6.07) is 6.86. The number of rotatable bonds is 4. The fourth-order valence-corrected chi connectivity index (χ4v) is 3.55. The van der Waals surface area contributed by atoms with Gasteiger partial charge in [-0.05, 0) is 60.8 Å². The van der Waals surface area contributed by atoms with Crippen LogP contribution in [0.25, 0.3) is 0 Å². The van der Waals surface area contributed by atoms with E-state index in [2.05, 4.69) is 33.2 Å². The highest BCUT2D eigenvalue weighted by Gasteiger charge is 2.25. The highest BCUT2D eigenvalue weighted by molar-refractivity contribution is 9.10. The largest absolute Gasteiger partial charge is 0.371 e. The summed E-state index contributed by atoms with van der Waals surface area (Å²) in [5.74, 6) is -0.386. The first-order valence-electron chi connectivity index (χ1n) is 7.03. The second kappa shape index (κ2) is 6.59. The summed E-state index contributed by atoms with van der Waals surface area (Å²) in [7, 11) is 4.08. The maximum absolute atomic E-state index is 11.7. The van der Waals surface area contributed by atoms with Gasteiger partial charge < -0.3 is 16.0 Å². The Morgan fingerprint density at radius 3 is 2.55 bits per heavy atom. The normalized spacial score (nSPS) is 22.6. The van der Waals surface area contributed by atoms with Crippen molar-refractivity contribution in [2.24, 2.45) is 5.73 Å². The van der Waals surface area contributed by atoms with Crippen LogP contribution in [0.15, 0.2) is 22.7 Å². The lowest BCUT2D eigenvalue weighted by atomic mass is 9.90. The van der Waals surface area contributed by atoms with E-state index in [9.17, 15) is 4.79 Å². The summed E-state index contributed by atoms with van der Waals surface area (Å²) in [5, 5.41) is 3.34. The van der Waals surface area contributed by atoms with Crippen LogP contribution in [0.2, 0.25) is 0 Å². The quantitative estimate of drug-likeness (QED) is 0.886. The predicted molar refractivity (Wildman–Crippen MR) is 86.2 cm³/mol. The van der Waals surface area contributed by atoms with E-state index < -0.39 is 0 Å². The molecule has 0 heterocycles. The number of carbonyl (C=O) groups is 1. The molecular weight excluding hydrogens is 318 g/mol. The van der Waals surface area contributed by atoms with Crippen molar-refractivity contribution in [3.63, 3.8) is 0 Å². The van der Waals surface area contributed by atoms with E-state index in [-0.39, 0.29) is 5.91 Å². The van der Waals surface area contributed by atoms with Crippen LogP contribution in [0.5, 0.6) is 0 Å². The Bertz CT molecular complexity index is 484. The average Bonchev–Trinajstić information content (AvgIpc) is 2.46. The first-order valence-corrected chi connectivity index (χ1v) is 7.82. The molecular formula is C15H22BrN3O. The van der Waals surface area contributed by atoms with Crippen LogP contribution in [-0.2, 0) is 0 Å². The van der Waals surface area contributed by atoms with Gasteiger partial charge in [-0.2, -0.15) is 0 Å². The Labute approximate surface area is 128 Å². The van der Waals surface area contributed by atoms with Gasteiger partial charge >= 0.3 is 0 Å². The summed E-state index contributed by atoms with van der Waals surface area (Å²) in [5.41, 5.74) is 7.01. The van der Waals surface area contributed by atoms with Crippen LogP contribution in [0.3, 0.4) is 0 Å². The number of hydrogen-bond donors (Lipinski definition) is 2. The number of amides is 1. The van der Waals surface area contributed by atoms with Crippen LogP contribution in [0.4, 0.5) is 5.69 Å². The molecule has 1 aromatic carbocycles. The Morgan fingerprint density at radius 2 is 2.00 bits per heavy atom. The molecule has 20 heavy (non-hydrogen) atoms. The second-order valence-electron chi connectivity index (χ2n) is 5.40. The van der Waals surface area contributed by atoms with E-state index in [4.69, 9.17) is 5.73 Å². The minimum Gasteiger partial charge on any atom is -0.371 e. The molecule has 0 atom stereocenters. The lowest BCUT2D eigenvalue weighted by Crippen LogP contribution is -2.40. The summed E-state index contributed by atoms with van der Waals surface area (Å²) in [6.07, 6.45) is 4.61. The molecule has 3 N–H and O–H groups in total. The summed E-state index contributed by atoms with van der Waals surface area (Å²) in [6.45, 7) is 0. The molecule has 110 valence electrons. The maximum atomic E-state index is 11.7. The number of nitrogens with zero attached hydrogens (tertiary/aromatic N) is 1. The molecule has 0 bridgehead atoms. The Kier molecular flexibility index (Phi) is 5.05. The topological polar surface area (TPSA) is 58.4 Å². The van der Waals surface area contributed by atoms with E-state index in [1.54, 1.807) is 0 Å². The zero-order valence-electron chi connectivity index (χ0n) is 12.0. The highest BCUT2D eigenvalue weighted by atomic mass is 79.9. The van der Waals surface area contributed by atoms with E-state index >= 15 is 0 Å². The Hall–Kier alpha value is -1.07. The van der Waals surface area contributed by atoms with Gasteiger partial charge in [-0.1, -0.05) is 6.07 Å².